The maximum Gasteiger partial charge on any atom is 0.251 e. The van der Waals surface area contributed by atoms with Crippen LogP contribution >= 0.6 is 0 Å². The van der Waals surface area contributed by atoms with Crippen LogP contribution in [-0.2, 0) is 6.54 Å². The minimum Gasteiger partial charge on any atom is -0.489 e. The fraction of sp³-hybridized carbons (Fsp3) is 0.308. The van der Waals surface area contributed by atoms with Gasteiger partial charge in [0.2, 0.25) is 0 Å². The van der Waals surface area contributed by atoms with Crippen molar-refractivity contribution < 1.29 is 13.9 Å². The molecule has 0 spiro atoms. The van der Waals surface area contributed by atoms with E-state index in [9.17, 15) is 9.18 Å². The molecule has 1 N–H and O–H groups in total. The maximum absolute atomic E-state index is 12.3. The molecule has 1 aromatic carbocycles. The third-order valence-corrected chi connectivity index (χ3v) is 2.79. The number of halogens is 1. The second kappa shape index (κ2) is 4.99. The van der Waals surface area contributed by atoms with Crippen molar-refractivity contribution in [3.05, 3.63) is 41.2 Å². The summed E-state index contributed by atoms with van der Waals surface area (Å²) in [6.45, 7) is 2.65. The highest BCUT2D eigenvalue weighted by atomic mass is 19.1. The smallest absolute Gasteiger partial charge is 0.251 e. The Morgan fingerprint density at radius 3 is 3.12 bits per heavy atom. The van der Waals surface area contributed by atoms with E-state index in [2.05, 4.69) is 5.32 Å². The Morgan fingerprint density at radius 1 is 1.59 bits per heavy atom. The Bertz CT molecular complexity index is 468. The van der Waals surface area contributed by atoms with Gasteiger partial charge in [0, 0.05) is 12.1 Å². The first-order valence-corrected chi connectivity index (χ1v) is 5.56. The minimum atomic E-state index is -0.0514. The summed E-state index contributed by atoms with van der Waals surface area (Å²) in [7, 11) is 0. The molecule has 17 heavy (non-hydrogen) atoms. The number of carbonyl (C=O) groups is 1. The summed E-state index contributed by atoms with van der Waals surface area (Å²) in [5.41, 5.74) is 2.23. The number of nitrogens with one attached hydrogen (secondary N) is 1. The van der Waals surface area contributed by atoms with E-state index in [1.165, 1.54) is 0 Å². The number of fused-ring (bicyclic) bond motifs is 1. The van der Waals surface area contributed by atoms with Crippen molar-refractivity contribution in [3.8, 4) is 5.75 Å². The number of amides is 1. The van der Waals surface area contributed by atoms with Crippen LogP contribution in [0.5, 0.6) is 5.75 Å². The number of benzene rings is 1. The third kappa shape index (κ3) is 2.46. The van der Waals surface area contributed by atoms with E-state index >= 15 is 0 Å². The highest BCUT2D eigenvalue weighted by Crippen LogP contribution is 2.22. The fourth-order valence-corrected chi connectivity index (χ4v) is 1.69. The first-order chi connectivity index (χ1) is 8.24. The Kier molecular flexibility index (Phi) is 3.42. The second-order valence-electron chi connectivity index (χ2n) is 3.91. The van der Waals surface area contributed by atoms with Gasteiger partial charge in [0.15, 0.2) is 0 Å². The van der Waals surface area contributed by atoms with Crippen LogP contribution in [0.4, 0.5) is 4.39 Å². The van der Waals surface area contributed by atoms with Crippen molar-refractivity contribution >= 4 is 5.91 Å². The summed E-state index contributed by atoms with van der Waals surface area (Å²) in [5.74, 6) is 0.609. The molecule has 90 valence electrons. The number of carbonyl (C=O) groups excluding carboxylic acids is 1. The summed E-state index contributed by atoms with van der Waals surface area (Å²) in [4.78, 5) is 11.3. The van der Waals surface area contributed by atoms with Crippen molar-refractivity contribution in [3.63, 3.8) is 0 Å². The lowest BCUT2D eigenvalue weighted by molar-refractivity contribution is 0.0966. The van der Waals surface area contributed by atoms with Gasteiger partial charge in [0.25, 0.3) is 5.91 Å². The average molecular weight is 235 g/mol. The lowest BCUT2D eigenvalue weighted by atomic mass is 10.1. The Balaban J connectivity index is 2.06. The van der Waals surface area contributed by atoms with Gasteiger partial charge in [0.1, 0.15) is 12.4 Å². The van der Waals surface area contributed by atoms with Crippen LogP contribution in [-0.4, -0.2) is 12.5 Å². The first kappa shape index (κ1) is 11.6. The van der Waals surface area contributed by atoms with Crippen LogP contribution in [0.1, 0.15) is 29.3 Å². The monoisotopic (exact) mass is 235 g/mol. The molecule has 0 radical (unpaired) electrons. The van der Waals surface area contributed by atoms with Gasteiger partial charge in [-0.1, -0.05) is 6.92 Å². The standard InChI is InChI=1S/C13H14FNO2/c1-2-9(6-14)8-17-11-3-4-12-10(5-11)7-15-13(12)16/h3-6H,2,7-8H2,1H3,(H,15,16). The van der Waals surface area contributed by atoms with Crippen LogP contribution in [0.3, 0.4) is 0 Å². The number of hydrogen-bond acceptors (Lipinski definition) is 2. The van der Waals surface area contributed by atoms with E-state index in [0.717, 1.165) is 5.56 Å². The molecule has 0 aliphatic carbocycles. The Labute approximate surface area is 99.3 Å². The van der Waals surface area contributed by atoms with Crippen molar-refractivity contribution in [2.45, 2.75) is 19.9 Å². The molecule has 1 aliphatic rings. The maximum atomic E-state index is 12.3. The average Bonchev–Trinajstić information content (AvgIpc) is 2.72. The van der Waals surface area contributed by atoms with E-state index < -0.39 is 0 Å². The third-order valence-electron chi connectivity index (χ3n) is 2.79. The largest absolute Gasteiger partial charge is 0.489 e. The zero-order chi connectivity index (χ0) is 12.3. The van der Waals surface area contributed by atoms with Crippen molar-refractivity contribution in [1.82, 2.24) is 5.32 Å². The molecule has 0 unspecified atom stereocenters. The summed E-state index contributed by atoms with van der Waals surface area (Å²) in [6.07, 6.45) is 1.21. The van der Waals surface area contributed by atoms with Crippen LogP contribution in [0.25, 0.3) is 0 Å². The molecule has 0 atom stereocenters. The predicted octanol–water partition coefficient (Wildman–Crippen LogP) is 2.57. The van der Waals surface area contributed by atoms with E-state index in [4.69, 9.17) is 4.74 Å². The first-order valence-electron chi connectivity index (χ1n) is 5.56. The lowest BCUT2D eigenvalue weighted by Gasteiger charge is -2.08. The summed E-state index contributed by atoms with van der Waals surface area (Å²) >= 11 is 0. The summed E-state index contributed by atoms with van der Waals surface area (Å²) in [6, 6.07) is 5.28. The second-order valence-corrected chi connectivity index (χ2v) is 3.91. The van der Waals surface area contributed by atoms with Crippen LogP contribution in [0, 0.1) is 0 Å². The zero-order valence-corrected chi connectivity index (χ0v) is 9.63. The van der Waals surface area contributed by atoms with Crippen molar-refractivity contribution in [1.29, 1.82) is 0 Å². The van der Waals surface area contributed by atoms with Crippen LogP contribution in [0.2, 0.25) is 0 Å². The van der Waals surface area contributed by atoms with Gasteiger partial charge in [-0.2, -0.15) is 0 Å². The van der Waals surface area contributed by atoms with Gasteiger partial charge in [-0.05, 0) is 35.8 Å². The van der Waals surface area contributed by atoms with Crippen molar-refractivity contribution in [2.24, 2.45) is 0 Å². The van der Waals surface area contributed by atoms with Gasteiger partial charge in [-0.15, -0.1) is 0 Å². The highest BCUT2D eigenvalue weighted by Gasteiger charge is 2.18. The normalized spacial score (nSPS) is 14.5. The topological polar surface area (TPSA) is 38.3 Å². The molecule has 0 bridgehead atoms. The molecule has 1 amide bonds. The van der Waals surface area contributed by atoms with E-state index in [1.807, 2.05) is 13.0 Å². The molecule has 1 aromatic rings. The molecule has 1 aliphatic heterocycles. The number of rotatable bonds is 4. The number of ether oxygens (including phenoxy) is 1. The molecule has 0 saturated carbocycles. The Morgan fingerprint density at radius 2 is 2.41 bits per heavy atom. The molecular weight excluding hydrogens is 221 g/mol. The SMILES string of the molecule is CCC(=CF)COc1ccc2c(c1)CNC2=O. The lowest BCUT2D eigenvalue weighted by Crippen LogP contribution is -2.12. The number of hydrogen-bond donors (Lipinski definition) is 1. The molecule has 0 fully saturated rings. The minimum absolute atomic E-state index is 0.0514. The fourth-order valence-electron chi connectivity index (χ4n) is 1.69. The molecule has 1 heterocycles. The highest BCUT2D eigenvalue weighted by molar-refractivity contribution is 5.98. The van der Waals surface area contributed by atoms with E-state index in [-0.39, 0.29) is 12.5 Å². The summed E-state index contributed by atoms with van der Waals surface area (Å²) < 4.78 is 17.8. The molecule has 0 saturated heterocycles. The van der Waals surface area contributed by atoms with Gasteiger partial charge < -0.3 is 10.1 Å². The summed E-state index contributed by atoms with van der Waals surface area (Å²) in [5, 5.41) is 2.73. The van der Waals surface area contributed by atoms with Crippen LogP contribution in [0.15, 0.2) is 30.1 Å². The van der Waals surface area contributed by atoms with Gasteiger partial charge in [-0.25, -0.2) is 4.39 Å². The van der Waals surface area contributed by atoms with Crippen LogP contribution < -0.4 is 10.1 Å². The zero-order valence-electron chi connectivity index (χ0n) is 9.63. The molecule has 2 rings (SSSR count). The van der Waals surface area contributed by atoms with Gasteiger partial charge in [-0.3, -0.25) is 4.79 Å². The van der Waals surface area contributed by atoms with Crippen molar-refractivity contribution in [2.75, 3.05) is 6.61 Å². The molecule has 0 aromatic heterocycles. The molecule has 3 nitrogen and oxygen atoms in total. The molecule has 4 heteroatoms. The molecular formula is C13H14FNO2. The van der Waals surface area contributed by atoms with E-state index in [1.54, 1.807) is 12.1 Å². The predicted molar refractivity (Wildman–Crippen MR) is 62.6 cm³/mol. The quantitative estimate of drug-likeness (QED) is 0.871. The van der Waals surface area contributed by atoms with Gasteiger partial charge >= 0.3 is 0 Å². The van der Waals surface area contributed by atoms with Gasteiger partial charge in [0.05, 0.1) is 6.33 Å². The van der Waals surface area contributed by atoms with E-state index in [0.29, 0.717) is 36.2 Å². The Hall–Kier alpha value is -1.84.